The first-order valence-electron chi connectivity index (χ1n) is 2.35. The summed E-state index contributed by atoms with van der Waals surface area (Å²) in [4.78, 5) is 0. The van der Waals surface area contributed by atoms with Gasteiger partial charge < -0.3 is 5.41 Å². The molecule has 0 aromatic carbocycles. The predicted molar refractivity (Wildman–Crippen MR) is 36.7 cm³/mol. The SMILES string of the molecule is C[C@@H](F)C(C)(Br)C=N. The van der Waals surface area contributed by atoms with Gasteiger partial charge in [0.1, 0.15) is 6.17 Å². The summed E-state index contributed by atoms with van der Waals surface area (Å²) in [6.07, 6.45) is 0.0394. The Morgan fingerprint density at radius 2 is 2.25 bits per heavy atom. The van der Waals surface area contributed by atoms with Crippen LogP contribution in [-0.4, -0.2) is 16.7 Å². The Bertz CT molecular complexity index is 90.4. The lowest BCUT2D eigenvalue weighted by Gasteiger charge is -2.16. The van der Waals surface area contributed by atoms with Gasteiger partial charge in [-0.3, -0.25) is 0 Å². The molecule has 0 bridgehead atoms. The van der Waals surface area contributed by atoms with Crippen LogP contribution >= 0.6 is 15.9 Å². The Labute approximate surface area is 56.9 Å². The van der Waals surface area contributed by atoms with E-state index in [1.165, 1.54) is 6.92 Å². The minimum atomic E-state index is -1.01. The van der Waals surface area contributed by atoms with Crippen molar-refractivity contribution in [3.8, 4) is 0 Å². The van der Waals surface area contributed by atoms with Gasteiger partial charge in [-0.25, -0.2) is 4.39 Å². The summed E-state index contributed by atoms with van der Waals surface area (Å²) in [5, 5.41) is 6.72. The van der Waals surface area contributed by atoms with Crippen molar-refractivity contribution >= 4 is 22.1 Å². The van der Waals surface area contributed by atoms with E-state index in [0.29, 0.717) is 0 Å². The minimum absolute atomic E-state index is 0.771. The van der Waals surface area contributed by atoms with Crippen LogP contribution in [0, 0.1) is 5.41 Å². The normalized spacial score (nSPS) is 21.5. The third kappa shape index (κ3) is 1.90. The number of hydrogen-bond acceptors (Lipinski definition) is 1. The van der Waals surface area contributed by atoms with Crippen molar-refractivity contribution in [2.45, 2.75) is 24.3 Å². The monoisotopic (exact) mass is 181 g/mol. The van der Waals surface area contributed by atoms with Crippen molar-refractivity contribution in [2.24, 2.45) is 0 Å². The molecular formula is C5H9BrFN. The molecule has 0 saturated carbocycles. The molecule has 1 unspecified atom stereocenters. The summed E-state index contributed by atoms with van der Waals surface area (Å²) in [6, 6.07) is 0. The van der Waals surface area contributed by atoms with Crippen LogP contribution in [0.15, 0.2) is 0 Å². The molecule has 1 nitrogen and oxygen atoms in total. The van der Waals surface area contributed by atoms with Crippen LogP contribution in [0.5, 0.6) is 0 Å². The molecule has 0 heterocycles. The lowest BCUT2D eigenvalue weighted by Crippen LogP contribution is -2.27. The zero-order chi connectivity index (χ0) is 6.78. The molecule has 0 aliphatic carbocycles. The lowest BCUT2D eigenvalue weighted by atomic mass is 10.1. The standard InChI is InChI=1S/C5H9BrFN/c1-4(7)5(2,6)3-8/h3-4,8H,1-2H3/t4-,5?/m1/s1. The van der Waals surface area contributed by atoms with E-state index < -0.39 is 10.5 Å². The van der Waals surface area contributed by atoms with Gasteiger partial charge in [0.05, 0.1) is 4.32 Å². The van der Waals surface area contributed by atoms with Gasteiger partial charge in [0.25, 0.3) is 0 Å². The predicted octanol–water partition coefficient (Wildman–Crippen LogP) is 2.15. The van der Waals surface area contributed by atoms with E-state index in [-0.39, 0.29) is 0 Å². The maximum absolute atomic E-state index is 12.3. The highest BCUT2D eigenvalue weighted by Gasteiger charge is 2.24. The molecule has 0 aliphatic heterocycles. The summed E-state index contributed by atoms with van der Waals surface area (Å²) in [5.74, 6) is 0. The first-order chi connectivity index (χ1) is 3.50. The van der Waals surface area contributed by atoms with Crippen molar-refractivity contribution in [3.63, 3.8) is 0 Å². The fourth-order valence-corrected chi connectivity index (χ4v) is 0.115. The van der Waals surface area contributed by atoms with E-state index in [1.807, 2.05) is 0 Å². The maximum Gasteiger partial charge on any atom is 0.117 e. The molecule has 0 spiro atoms. The zero-order valence-electron chi connectivity index (χ0n) is 4.91. The largest absolute Gasteiger partial charge is 0.312 e. The summed E-state index contributed by atoms with van der Waals surface area (Å²) >= 11 is 3.03. The van der Waals surface area contributed by atoms with Gasteiger partial charge in [-0.2, -0.15) is 0 Å². The molecule has 0 fully saturated rings. The fourth-order valence-electron chi connectivity index (χ4n) is 0.115. The molecule has 0 saturated heterocycles. The van der Waals surface area contributed by atoms with Crippen molar-refractivity contribution in [1.82, 2.24) is 0 Å². The quantitative estimate of drug-likeness (QED) is 0.499. The van der Waals surface area contributed by atoms with E-state index in [2.05, 4.69) is 15.9 Å². The lowest BCUT2D eigenvalue weighted by molar-refractivity contribution is 0.339. The second-order valence-electron chi connectivity index (χ2n) is 1.91. The Hall–Kier alpha value is 0.0800. The highest BCUT2D eigenvalue weighted by atomic mass is 79.9. The molecule has 0 aromatic heterocycles. The smallest absolute Gasteiger partial charge is 0.117 e. The topological polar surface area (TPSA) is 23.9 Å². The highest BCUT2D eigenvalue weighted by Crippen LogP contribution is 2.20. The zero-order valence-corrected chi connectivity index (χ0v) is 6.50. The van der Waals surface area contributed by atoms with E-state index in [9.17, 15) is 4.39 Å². The average Bonchev–Trinajstić information content (AvgIpc) is 1.67. The van der Waals surface area contributed by atoms with E-state index in [0.717, 1.165) is 6.21 Å². The van der Waals surface area contributed by atoms with Gasteiger partial charge in [-0.05, 0) is 13.8 Å². The molecule has 1 N–H and O–H groups in total. The Kier molecular flexibility index (Phi) is 2.60. The number of hydrogen-bond donors (Lipinski definition) is 1. The third-order valence-electron chi connectivity index (χ3n) is 1.06. The first kappa shape index (κ1) is 8.08. The van der Waals surface area contributed by atoms with Gasteiger partial charge >= 0.3 is 0 Å². The molecule has 2 atom stereocenters. The summed E-state index contributed by atoms with van der Waals surface area (Å²) in [5.41, 5.74) is 0. The van der Waals surface area contributed by atoms with Crippen LogP contribution in [0.2, 0.25) is 0 Å². The Balaban J connectivity index is 3.90. The van der Waals surface area contributed by atoms with Crippen molar-refractivity contribution < 1.29 is 4.39 Å². The minimum Gasteiger partial charge on any atom is -0.312 e. The van der Waals surface area contributed by atoms with Crippen molar-refractivity contribution in [1.29, 1.82) is 5.41 Å². The Morgan fingerprint density at radius 1 is 1.88 bits per heavy atom. The van der Waals surface area contributed by atoms with Gasteiger partial charge in [0.15, 0.2) is 0 Å². The average molecular weight is 182 g/mol. The Morgan fingerprint density at radius 3 is 2.25 bits per heavy atom. The fraction of sp³-hybridized carbons (Fsp3) is 0.800. The van der Waals surface area contributed by atoms with Gasteiger partial charge in [-0.15, -0.1) is 0 Å². The number of halogens is 2. The van der Waals surface area contributed by atoms with Crippen LogP contribution < -0.4 is 0 Å². The van der Waals surface area contributed by atoms with Crippen LogP contribution in [-0.2, 0) is 0 Å². The van der Waals surface area contributed by atoms with Crippen LogP contribution in [0.3, 0.4) is 0 Å². The highest BCUT2D eigenvalue weighted by molar-refractivity contribution is 9.10. The number of rotatable bonds is 2. The second kappa shape index (κ2) is 2.58. The van der Waals surface area contributed by atoms with E-state index >= 15 is 0 Å². The molecule has 0 rings (SSSR count). The molecule has 8 heavy (non-hydrogen) atoms. The molecule has 0 aliphatic rings. The maximum atomic E-state index is 12.3. The molecule has 0 radical (unpaired) electrons. The summed E-state index contributed by atoms with van der Waals surface area (Å²) in [7, 11) is 0. The summed E-state index contributed by atoms with van der Waals surface area (Å²) in [6.45, 7) is 3.03. The van der Waals surface area contributed by atoms with Gasteiger partial charge in [-0.1, -0.05) is 15.9 Å². The number of alkyl halides is 2. The first-order valence-corrected chi connectivity index (χ1v) is 3.14. The van der Waals surface area contributed by atoms with E-state index in [1.54, 1.807) is 6.92 Å². The second-order valence-corrected chi connectivity index (χ2v) is 3.62. The summed E-state index contributed by atoms with van der Waals surface area (Å²) < 4.78 is 11.5. The third-order valence-corrected chi connectivity index (χ3v) is 1.92. The van der Waals surface area contributed by atoms with Crippen molar-refractivity contribution in [3.05, 3.63) is 0 Å². The van der Waals surface area contributed by atoms with Crippen LogP contribution in [0.25, 0.3) is 0 Å². The van der Waals surface area contributed by atoms with Crippen LogP contribution in [0.1, 0.15) is 13.8 Å². The molecule has 48 valence electrons. The molecule has 0 amide bonds. The van der Waals surface area contributed by atoms with Crippen molar-refractivity contribution in [2.75, 3.05) is 0 Å². The van der Waals surface area contributed by atoms with E-state index in [4.69, 9.17) is 5.41 Å². The van der Waals surface area contributed by atoms with Crippen LogP contribution in [0.4, 0.5) is 4.39 Å². The van der Waals surface area contributed by atoms with Gasteiger partial charge in [0, 0.05) is 6.21 Å². The molecule has 3 heteroatoms. The molecular weight excluding hydrogens is 173 g/mol. The number of nitrogens with one attached hydrogen (secondary N) is 1. The molecule has 0 aromatic rings. The van der Waals surface area contributed by atoms with Gasteiger partial charge in [0.2, 0.25) is 0 Å².